The molecule has 0 aromatic rings. The number of nitrogens with two attached hydrogens (primary N) is 2. The van der Waals surface area contributed by atoms with Crippen LogP contribution >= 0.6 is 8.03 Å². The molecular formula is C6H17N2NaO2P+. The van der Waals surface area contributed by atoms with Gasteiger partial charge in [-0.15, -0.1) is 4.52 Å². The van der Waals surface area contributed by atoms with E-state index in [2.05, 4.69) is 0 Å². The summed E-state index contributed by atoms with van der Waals surface area (Å²) in [4.78, 5) is 0. The molecule has 0 radical (unpaired) electrons. The van der Waals surface area contributed by atoms with Gasteiger partial charge in [-0.1, -0.05) is 13.3 Å². The van der Waals surface area contributed by atoms with Crippen LogP contribution < -0.4 is 41.0 Å². The van der Waals surface area contributed by atoms with Crippen LogP contribution in [0.5, 0.6) is 0 Å². The predicted molar refractivity (Wildman–Crippen MR) is 46.6 cm³/mol. The van der Waals surface area contributed by atoms with Crippen LogP contribution in [0.1, 0.15) is 21.2 Å². The molecule has 0 bridgehead atoms. The minimum atomic E-state index is -1.75. The zero-order chi connectivity index (χ0) is 8.69. The van der Waals surface area contributed by atoms with Crippen LogP contribution in [0.4, 0.5) is 0 Å². The first-order valence-electron chi connectivity index (χ1n) is 3.77. The molecule has 0 spiro atoms. The number of rotatable bonds is 6. The van der Waals surface area contributed by atoms with Gasteiger partial charge in [0.15, 0.2) is 0 Å². The molecule has 4 nitrogen and oxygen atoms in total. The van der Waals surface area contributed by atoms with Crippen molar-refractivity contribution in [3.63, 3.8) is 0 Å². The van der Waals surface area contributed by atoms with Crippen LogP contribution in [0.25, 0.3) is 0 Å². The third-order valence-corrected chi connectivity index (χ3v) is 2.42. The third-order valence-electron chi connectivity index (χ3n) is 1.23. The molecule has 0 fully saturated rings. The Hall–Kier alpha value is 0.980. The minimum Gasteiger partial charge on any atom is -1.00 e. The number of unbranched alkanes of at least 4 members (excludes halogenated alkanes) is 1. The summed E-state index contributed by atoms with van der Waals surface area (Å²) in [6, 6.07) is 0. The first-order valence-corrected chi connectivity index (χ1v) is 5.02. The zero-order valence-corrected chi connectivity index (χ0v) is 10.7. The summed E-state index contributed by atoms with van der Waals surface area (Å²) in [6.07, 6.45) is 1.94. The van der Waals surface area contributed by atoms with Gasteiger partial charge in [-0.05, 0) is 11.0 Å². The quantitative estimate of drug-likeness (QED) is 0.294. The molecule has 0 amide bonds. The van der Waals surface area contributed by atoms with Gasteiger partial charge in [-0.25, -0.2) is 0 Å². The van der Waals surface area contributed by atoms with E-state index in [0.717, 1.165) is 12.8 Å². The van der Waals surface area contributed by atoms with Crippen molar-refractivity contribution >= 4 is 8.03 Å². The Balaban J connectivity index is -0.000000500. The Kier molecular flexibility index (Phi) is 13.0. The summed E-state index contributed by atoms with van der Waals surface area (Å²) in [6.45, 7) is 2.76. The summed E-state index contributed by atoms with van der Waals surface area (Å²) >= 11 is 0. The molecule has 0 heterocycles. The van der Waals surface area contributed by atoms with Gasteiger partial charge in [-0.3, -0.25) is 5.73 Å². The van der Waals surface area contributed by atoms with Gasteiger partial charge in [0.05, 0.1) is 6.54 Å². The Bertz CT molecular complexity index is 131. The average molecular weight is 203 g/mol. The fourth-order valence-electron chi connectivity index (χ4n) is 0.481. The van der Waals surface area contributed by atoms with Crippen molar-refractivity contribution in [2.75, 3.05) is 13.2 Å². The molecule has 6 heteroatoms. The van der Waals surface area contributed by atoms with Crippen molar-refractivity contribution in [1.29, 1.82) is 0 Å². The van der Waals surface area contributed by atoms with E-state index in [9.17, 15) is 4.57 Å². The van der Waals surface area contributed by atoms with Crippen molar-refractivity contribution in [3.8, 4) is 0 Å². The molecule has 4 N–H and O–H groups in total. The van der Waals surface area contributed by atoms with Crippen LogP contribution in [0.2, 0.25) is 0 Å². The monoisotopic (exact) mass is 203 g/mol. The minimum absolute atomic E-state index is 0. The van der Waals surface area contributed by atoms with Crippen molar-refractivity contribution in [2.24, 2.45) is 11.5 Å². The van der Waals surface area contributed by atoms with E-state index in [-0.39, 0.29) is 37.5 Å². The molecule has 0 saturated heterocycles. The maximum absolute atomic E-state index is 11.0. The van der Waals surface area contributed by atoms with Gasteiger partial charge in [0.1, 0.15) is 6.61 Å². The topological polar surface area (TPSA) is 78.3 Å². The molecule has 0 rings (SSSR count). The molecule has 0 aliphatic heterocycles. The smallest absolute Gasteiger partial charge is 1.00 e. The van der Waals surface area contributed by atoms with Gasteiger partial charge in [-0.2, -0.15) is 0 Å². The maximum Gasteiger partial charge on any atom is 1.00 e. The van der Waals surface area contributed by atoms with Gasteiger partial charge in [0.25, 0.3) is 0 Å². The fraction of sp³-hybridized carbons (Fsp3) is 1.00. The summed E-state index contributed by atoms with van der Waals surface area (Å²) in [5.74, 6) is -0.512. The third kappa shape index (κ3) is 7.62. The molecule has 0 aliphatic carbocycles. The normalized spacial score (nSPS) is 13.4. The van der Waals surface area contributed by atoms with E-state index in [1.807, 2.05) is 6.92 Å². The number of hydrogen-bond donors (Lipinski definition) is 2. The maximum atomic E-state index is 11.0. The molecule has 0 aliphatic rings. The van der Waals surface area contributed by atoms with E-state index in [4.69, 9.17) is 16.0 Å². The summed E-state index contributed by atoms with van der Waals surface area (Å²) in [7, 11) is -1.75. The van der Waals surface area contributed by atoms with Gasteiger partial charge >= 0.3 is 37.6 Å². The fourth-order valence-corrected chi connectivity index (χ4v) is 1.15. The van der Waals surface area contributed by atoms with E-state index in [1.54, 1.807) is 0 Å². The van der Waals surface area contributed by atoms with Crippen LogP contribution in [0.15, 0.2) is 0 Å². The summed E-state index contributed by atoms with van der Waals surface area (Å²) < 4.78 is 15.9. The number of hydrogen-bond acceptors (Lipinski definition) is 4. The predicted octanol–water partition coefficient (Wildman–Crippen LogP) is -2.09. The second-order valence-corrected chi connectivity index (χ2v) is 3.77. The first-order chi connectivity index (χ1) is 5.22. The van der Waals surface area contributed by atoms with Crippen molar-refractivity contribution in [2.45, 2.75) is 25.5 Å². The van der Waals surface area contributed by atoms with Gasteiger partial charge in [0, 0.05) is 0 Å². The molecule has 2 atom stereocenters. The Morgan fingerprint density at radius 2 is 2.25 bits per heavy atom. The average Bonchev–Trinajstić information content (AvgIpc) is 2.03. The van der Waals surface area contributed by atoms with Gasteiger partial charge < -0.3 is 7.16 Å². The van der Waals surface area contributed by atoms with Crippen LogP contribution in [-0.2, 0) is 9.09 Å². The Morgan fingerprint density at radius 1 is 1.67 bits per heavy atom. The molecule has 2 unspecified atom stereocenters. The SMILES string of the molecule is CCCCO[P+](=O)C(N)CN.[H-].[Na+]. The molecule has 68 valence electrons. The van der Waals surface area contributed by atoms with E-state index in [1.165, 1.54) is 0 Å². The molecule has 0 aromatic carbocycles. The van der Waals surface area contributed by atoms with Crippen molar-refractivity contribution < 1.29 is 40.1 Å². The molecule has 0 saturated carbocycles. The van der Waals surface area contributed by atoms with Crippen molar-refractivity contribution in [1.82, 2.24) is 0 Å². The summed E-state index contributed by atoms with van der Waals surface area (Å²) in [5.41, 5.74) is 10.6. The van der Waals surface area contributed by atoms with Crippen LogP contribution in [0, 0.1) is 0 Å². The second-order valence-electron chi connectivity index (χ2n) is 2.28. The zero-order valence-electron chi connectivity index (χ0n) is 8.82. The first kappa shape index (κ1) is 15.5. The second kappa shape index (κ2) is 10.1. The van der Waals surface area contributed by atoms with Crippen LogP contribution in [-0.4, -0.2) is 18.9 Å². The van der Waals surface area contributed by atoms with E-state index >= 15 is 0 Å². The van der Waals surface area contributed by atoms with E-state index in [0.29, 0.717) is 6.61 Å². The molecule has 12 heavy (non-hydrogen) atoms. The standard InChI is InChI=1S/C6H16N2O2P.Na.H/c1-2-3-4-10-11(9)6(8)5-7;;/h6H,2-5,7-8H2,1H3;;/q2*+1;-1. The molecule has 0 aromatic heterocycles. The molecular weight excluding hydrogens is 186 g/mol. The van der Waals surface area contributed by atoms with Crippen LogP contribution in [0.3, 0.4) is 0 Å². The summed E-state index contributed by atoms with van der Waals surface area (Å²) in [5, 5.41) is 0. The van der Waals surface area contributed by atoms with E-state index < -0.39 is 13.8 Å². The Labute approximate surface area is 98.0 Å². The van der Waals surface area contributed by atoms with Crippen molar-refractivity contribution in [3.05, 3.63) is 0 Å². The Morgan fingerprint density at radius 3 is 2.67 bits per heavy atom. The van der Waals surface area contributed by atoms with Gasteiger partial charge in [0.2, 0.25) is 5.78 Å². The largest absolute Gasteiger partial charge is 1.00 e.